The Bertz CT molecular complexity index is 380. The van der Waals surface area contributed by atoms with Gasteiger partial charge in [-0.2, -0.15) is 0 Å². The third-order valence-electron chi connectivity index (χ3n) is 2.90. The molecule has 1 atom stereocenters. The maximum absolute atomic E-state index is 13.3. The predicted molar refractivity (Wildman–Crippen MR) is 71.0 cm³/mol. The van der Waals surface area contributed by atoms with Crippen molar-refractivity contribution in [2.24, 2.45) is 0 Å². The van der Waals surface area contributed by atoms with Crippen molar-refractivity contribution in [3.05, 3.63) is 34.1 Å². The summed E-state index contributed by atoms with van der Waals surface area (Å²) >= 11 is 3.31. The number of methoxy groups -OCH3 is 1. The molecule has 1 saturated heterocycles. The summed E-state index contributed by atoms with van der Waals surface area (Å²) in [6, 6.07) is 4.99. The molecule has 0 amide bonds. The molecule has 0 radical (unpaired) electrons. The normalized spacial score (nSPS) is 21.2. The molecule has 3 nitrogen and oxygen atoms in total. The average Bonchev–Trinajstić information content (AvgIpc) is 2.28. The standard InChI is InChI=1S/C13H17BrFNO2/c1-17-9-13-8-16(2-3-18-13)7-10-4-11(14)6-12(15)5-10/h4-6,13H,2-3,7-9H2,1H3/t13-/m1/s1. The molecule has 1 aromatic carbocycles. The number of halogens is 2. The van der Waals surface area contributed by atoms with Crippen LogP contribution in [-0.4, -0.2) is 44.4 Å². The number of hydrogen-bond donors (Lipinski definition) is 0. The molecule has 2 rings (SSSR count). The highest BCUT2D eigenvalue weighted by Crippen LogP contribution is 2.17. The Morgan fingerprint density at radius 3 is 3.06 bits per heavy atom. The second-order valence-electron chi connectivity index (χ2n) is 4.46. The summed E-state index contributed by atoms with van der Waals surface area (Å²) in [5.41, 5.74) is 0.972. The van der Waals surface area contributed by atoms with E-state index in [1.165, 1.54) is 6.07 Å². The molecule has 1 heterocycles. The Morgan fingerprint density at radius 1 is 1.50 bits per heavy atom. The van der Waals surface area contributed by atoms with E-state index in [1.54, 1.807) is 13.2 Å². The van der Waals surface area contributed by atoms with Crippen LogP contribution in [0, 0.1) is 5.82 Å². The van der Waals surface area contributed by atoms with Crippen molar-refractivity contribution in [2.75, 3.05) is 33.4 Å². The molecule has 0 aliphatic carbocycles. The summed E-state index contributed by atoms with van der Waals surface area (Å²) in [7, 11) is 1.67. The van der Waals surface area contributed by atoms with E-state index in [2.05, 4.69) is 20.8 Å². The Kier molecular flexibility index (Phi) is 5.12. The third kappa shape index (κ3) is 4.02. The topological polar surface area (TPSA) is 21.7 Å². The van der Waals surface area contributed by atoms with E-state index in [9.17, 15) is 4.39 Å². The minimum absolute atomic E-state index is 0.112. The van der Waals surface area contributed by atoms with Crippen LogP contribution >= 0.6 is 15.9 Å². The first-order chi connectivity index (χ1) is 8.67. The molecular weight excluding hydrogens is 301 g/mol. The molecule has 0 saturated carbocycles. The van der Waals surface area contributed by atoms with Crippen molar-refractivity contribution >= 4 is 15.9 Å². The van der Waals surface area contributed by atoms with Gasteiger partial charge in [-0.15, -0.1) is 0 Å². The van der Waals surface area contributed by atoms with E-state index in [4.69, 9.17) is 9.47 Å². The van der Waals surface area contributed by atoms with Crippen molar-refractivity contribution in [1.29, 1.82) is 0 Å². The van der Waals surface area contributed by atoms with Crippen LogP contribution in [0.25, 0.3) is 0 Å². The van der Waals surface area contributed by atoms with Crippen LogP contribution in [0.15, 0.2) is 22.7 Å². The second kappa shape index (κ2) is 6.61. The molecule has 1 fully saturated rings. The fourth-order valence-corrected chi connectivity index (χ4v) is 2.68. The number of rotatable bonds is 4. The van der Waals surface area contributed by atoms with Gasteiger partial charge in [0.15, 0.2) is 0 Å². The van der Waals surface area contributed by atoms with E-state index in [0.29, 0.717) is 13.2 Å². The van der Waals surface area contributed by atoms with Gasteiger partial charge >= 0.3 is 0 Å². The molecule has 1 aliphatic heterocycles. The number of ether oxygens (including phenoxy) is 2. The van der Waals surface area contributed by atoms with E-state index in [0.717, 1.165) is 29.7 Å². The van der Waals surface area contributed by atoms with Gasteiger partial charge in [0, 0.05) is 31.2 Å². The largest absolute Gasteiger partial charge is 0.382 e. The third-order valence-corrected chi connectivity index (χ3v) is 3.36. The van der Waals surface area contributed by atoms with Crippen molar-refractivity contribution < 1.29 is 13.9 Å². The SMILES string of the molecule is COC[C@H]1CN(Cc2cc(F)cc(Br)c2)CCO1. The van der Waals surface area contributed by atoms with Crippen LogP contribution in [0.1, 0.15) is 5.56 Å². The maximum atomic E-state index is 13.3. The minimum atomic E-state index is -0.207. The van der Waals surface area contributed by atoms with Gasteiger partial charge in [0.2, 0.25) is 0 Å². The van der Waals surface area contributed by atoms with Crippen LogP contribution in [0.5, 0.6) is 0 Å². The molecule has 18 heavy (non-hydrogen) atoms. The second-order valence-corrected chi connectivity index (χ2v) is 5.38. The molecule has 0 aromatic heterocycles. The summed E-state index contributed by atoms with van der Waals surface area (Å²) < 4.78 is 24.7. The molecule has 1 aliphatic rings. The zero-order chi connectivity index (χ0) is 13.0. The Morgan fingerprint density at radius 2 is 2.33 bits per heavy atom. The first-order valence-electron chi connectivity index (χ1n) is 5.95. The highest BCUT2D eigenvalue weighted by atomic mass is 79.9. The molecule has 1 aromatic rings. The van der Waals surface area contributed by atoms with Gasteiger partial charge in [0.1, 0.15) is 5.82 Å². The fourth-order valence-electron chi connectivity index (χ4n) is 2.17. The number of hydrogen-bond acceptors (Lipinski definition) is 3. The van der Waals surface area contributed by atoms with E-state index >= 15 is 0 Å². The van der Waals surface area contributed by atoms with Crippen molar-refractivity contribution in [3.63, 3.8) is 0 Å². The zero-order valence-corrected chi connectivity index (χ0v) is 12.0. The Hall–Kier alpha value is -0.490. The van der Waals surface area contributed by atoms with Gasteiger partial charge in [0.25, 0.3) is 0 Å². The van der Waals surface area contributed by atoms with Crippen molar-refractivity contribution in [2.45, 2.75) is 12.6 Å². The van der Waals surface area contributed by atoms with Gasteiger partial charge in [-0.05, 0) is 23.8 Å². The number of morpholine rings is 1. The summed E-state index contributed by atoms with van der Waals surface area (Å²) in [5.74, 6) is -0.207. The summed E-state index contributed by atoms with van der Waals surface area (Å²) in [6.45, 7) is 3.73. The minimum Gasteiger partial charge on any atom is -0.382 e. The first-order valence-corrected chi connectivity index (χ1v) is 6.74. The average molecular weight is 318 g/mol. The summed E-state index contributed by atoms with van der Waals surface area (Å²) in [4.78, 5) is 2.26. The maximum Gasteiger partial charge on any atom is 0.124 e. The van der Waals surface area contributed by atoms with Gasteiger partial charge in [0.05, 0.1) is 19.3 Å². The van der Waals surface area contributed by atoms with E-state index in [-0.39, 0.29) is 11.9 Å². The Balaban J connectivity index is 1.95. The van der Waals surface area contributed by atoms with Crippen molar-refractivity contribution in [3.8, 4) is 0 Å². The van der Waals surface area contributed by atoms with Crippen LogP contribution in [-0.2, 0) is 16.0 Å². The van der Waals surface area contributed by atoms with Crippen LogP contribution in [0.2, 0.25) is 0 Å². The van der Waals surface area contributed by atoms with Crippen molar-refractivity contribution in [1.82, 2.24) is 4.90 Å². The summed E-state index contributed by atoms with van der Waals surface area (Å²) in [6.07, 6.45) is 0.112. The number of benzene rings is 1. The van der Waals surface area contributed by atoms with Gasteiger partial charge < -0.3 is 9.47 Å². The van der Waals surface area contributed by atoms with E-state index in [1.807, 2.05) is 6.07 Å². The first kappa shape index (κ1) is 13.9. The van der Waals surface area contributed by atoms with Gasteiger partial charge in [-0.3, -0.25) is 4.90 Å². The summed E-state index contributed by atoms with van der Waals surface area (Å²) in [5, 5.41) is 0. The lowest BCUT2D eigenvalue weighted by Gasteiger charge is -2.32. The highest BCUT2D eigenvalue weighted by molar-refractivity contribution is 9.10. The monoisotopic (exact) mass is 317 g/mol. The lowest BCUT2D eigenvalue weighted by molar-refractivity contribution is -0.0631. The molecular formula is C13H17BrFNO2. The lowest BCUT2D eigenvalue weighted by atomic mass is 10.2. The molecule has 0 spiro atoms. The smallest absolute Gasteiger partial charge is 0.124 e. The highest BCUT2D eigenvalue weighted by Gasteiger charge is 2.20. The van der Waals surface area contributed by atoms with Crippen LogP contribution in [0.4, 0.5) is 4.39 Å². The zero-order valence-electron chi connectivity index (χ0n) is 10.4. The van der Waals surface area contributed by atoms with E-state index < -0.39 is 0 Å². The van der Waals surface area contributed by atoms with Gasteiger partial charge in [-0.1, -0.05) is 15.9 Å². The van der Waals surface area contributed by atoms with Crippen LogP contribution < -0.4 is 0 Å². The fraction of sp³-hybridized carbons (Fsp3) is 0.538. The lowest BCUT2D eigenvalue weighted by Crippen LogP contribution is -2.43. The molecule has 0 N–H and O–H groups in total. The predicted octanol–water partition coefficient (Wildman–Crippen LogP) is 2.44. The Labute approximate surface area is 115 Å². The quantitative estimate of drug-likeness (QED) is 0.851. The molecule has 0 bridgehead atoms. The molecule has 0 unspecified atom stereocenters. The number of nitrogens with zero attached hydrogens (tertiary/aromatic N) is 1. The van der Waals surface area contributed by atoms with Gasteiger partial charge in [-0.25, -0.2) is 4.39 Å². The molecule has 100 valence electrons. The van der Waals surface area contributed by atoms with Crippen LogP contribution in [0.3, 0.4) is 0 Å². The molecule has 5 heteroatoms.